The zero-order valence-corrected chi connectivity index (χ0v) is 21.7. The van der Waals surface area contributed by atoms with E-state index in [1.165, 1.54) is 40.3 Å². The number of phenols is 1. The first-order valence-electron chi connectivity index (χ1n) is 10.4. The van der Waals surface area contributed by atoms with Gasteiger partial charge in [-0.1, -0.05) is 97.6 Å². The first-order valence-corrected chi connectivity index (χ1v) is 10.4. The van der Waals surface area contributed by atoms with Crippen LogP contribution in [0.3, 0.4) is 0 Å². The summed E-state index contributed by atoms with van der Waals surface area (Å²) < 4.78 is 0. The van der Waals surface area contributed by atoms with Gasteiger partial charge in [0.05, 0.1) is 5.41 Å². The van der Waals surface area contributed by atoms with Crippen LogP contribution in [0.5, 0.6) is 5.75 Å². The molecule has 0 saturated heterocycles. The Morgan fingerprint density at radius 2 is 1.09 bits per heavy atom. The fourth-order valence-electron chi connectivity index (χ4n) is 4.42. The molecular weight excluding hydrogens is 501 g/mol. The summed E-state index contributed by atoms with van der Waals surface area (Å²) in [5, 5.41) is 17.7. The molecule has 4 aromatic rings. The fourth-order valence-corrected chi connectivity index (χ4v) is 4.42. The van der Waals surface area contributed by atoms with Gasteiger partial charge in [0.1, 0.15) is 5.75 Å². The molecule has 0 atom stereocenters. The zero-order valence-electron chi connectivity index (χ0n) is 18.9. The van der Waals surface area contributed by atoms with Gasteiger partial charge in [-0.25, -0.2) is 4.79 Å². The number of phenolic OH excluding ortho intramolecular Hbond substituents is 1. The molecule has 0 spiro atoms. The second-order valence-corrected chi connectivity index (χ2v) is 7.84. The van der Waals surface area contributed by atoms with Crippen LogP contribution in [0.15, 0.2) is 115 Å². The van der Waals surface area contributed by atoms with Gasteiger partial charge in [0, 0.05) is 38.3 Å². The van der Waals surface area contributed by atoms with Gasteiger partial charge >= 0.3 is 5.97 Å². The summed E-state index contributed by atoms with van der Waals surface area (Å²) in [6, 6.07) is 35.6. The van der Waals surface area contributed by atoms with Crippen LogP contribution in [0.1, 0.15) is 29.2 Å². The van der Waals surface area contributed by atoms with Crippen LogP contribution < -0.4 is 0 Å². The molecule has 1 aliphatic rings. The van der Waals surface area contributed by atoms with E-state index in [4.69, 9.17) is 5.11 Å². The van der Waals surface area contributed by atoms with E-state index >= 15 is 0 Å². The summed E-state index contributed by atoms with van der Waals surface area (Å²) >= 11 is 0. The largest absolute Gasteiger partial charge is 0.508 e. The first-order chi connectivity index (χ1) is 15.5. The number of aromatic hydroxyl groups is 1. The minimum absolute atomic E-state index is 0. The van der Waals surface area contributed by atoms with Crippen LogP contribution in [0.25, 0.3) is 11.1 Å². The van der Waals surface area contributed by atoms with E-state index in [-0.39, 0.29) is 54.9 Å². The number of rotatable bonds is 3. The molecule has 34 heavy (non-hydrogen) atoms. The molecule has 0 unspecified atom stereocenters. The van der Waals surface area contributed by atoms with Gasteiger partial charge in [0.15, 0.2) is 0 Å². The van der Waals surface area contributed by atoms with Crippen molar-refractivity contribution in [1.29, 1.82) is 0 Å². The number of carbonyl (C=O) groups is 1. The Hall–Kier alpha value is -3.05. The first kappa shape index (κ1) is 27.2. The van der Waals surface area contributed by atoms with Crippen LogP contribution in [-0.4, -0.2) is 21.7 Å². The molecule has 0 fully saturated rings. The number of carboxylic acids is 1. The van der Waals surface area contributed by atoms with E-state index in [2.05, 4.69) is 85.4 Å². The monoisotopic (exact) mass is 527 g/mol. The minimum Gasteiger partial charge on any atom is -0.508 e. The number of aliphatic carboxylic acids is 1. The van der Waals surface area contributed by atoms with E-state index in [1.54, 1.807) is 12.1 Å². The van der Waals surface area contributed by atoms with Crippen molar-refractivity contribution in [3.63, 3.8) is 0 Å². The molecule has 0 aliphatic heterocycles. The molecule has 5 rings (SSSR count). The number of hydrogen-bond donors (Lipinski definition) is 2. The second kappa shape index (κ2) is 11.4. The summed E-state index contributed by atoms with van der Waals surface area (Å²) in [6.07, 6.45) is 0. The van der Waals surface area contributed by atoms with Crippen molar-refractivity contribution >= 4 is 5.97 Å². The smallest absolute Gasteiger partial charge is 0.330 e. The summed E-state index contributed by atoms with van der Waals surface area (Å²) in [5.41, 5.74) is 7.34. The summed E-state index contributed by atoms with van der Waals surface area (Å²) in [7, 11) is 0. The molecule has 0 amide bonds. The minimum atomic E-state index is -0.935. The van der Waals surface area contributed by atoms with Crippen molar-refractivity contribution in [2.75, 3.05) is 0 Å². The van der Waals surface area contributed by atoms with Crippen LogP contribution in [0, 0.1) is 0 Å². The van der Waals surface area contributed by atoms with Crippen LogP contribution in [0.4, 0.5) is 0 Å². The molecule has 0 aromatic heterocycles. The number of fused-ring (bicyclic) bond motifs is 3. The van der Waals surface area contributed by atoms with Gasteiger partial charge in [-0.2, -0.15) is 0 Å². The molecule has 4 nitrogen and oxygen atoms in total. The molecular formula is C29H26O4Y. The van der Waals surface area contributed by atoms with Gasteiger partial charge in [0.2, 0.25) is 0 Å². The summed E-state index contributed by atoms with van der Waals surface area (Å²) in [5.74, 6) is -0.647. The standard InChI is InChI=1S/C25H18O.C4H6O2.H2O.Y/c26-20-16-14-19(15-17-20)25(18-8-2-1-3-9-18)23-12-6-4-10-21(23)22-11-5-7-13-24(22)25;1-3(2)4(5)6;;/h1-17,26H;1H2,2H3,(H,5,6);1H2;. The molecule has 4 N–H and O–H groups in total. The Kier molecular flexibility index (Phi) is 9.11. The maximum Gasteiger partial charge on any atom is 0.330 e. The van der Waals surface area contributed by atoms with Crippen molar-refractivity contribution in [1.82, 2.24) is 0 Å². The predicted molar refractivity (Wildman–Crippen MR) is 131 cm³/mol. The quantitative estimate of drug-likeness (QED) is 0.301. The molecule has 5 heteroatoms. The average molecular weight is 527 g/mol. The third-order valence-corrected chi connectivity index (χ3v) is 5.82. The van der Waals surface area contributed by atoms with E-state index in [1.807, 2.05) is 12.1 Å². The Bertz CT molecular complexity index is 1220. The van der Waals surface area contributed by atoms with Crippen molar-refractivity contribution < 1.29 is 53.2 Å². The topological polar surface area (TPSA) is 89.0 Å². The van der Waals surface area contributed by atoms with Crippen LogP contribution in [0.2, 0.25) is 0 Å². The van der Waals surface area contributed by atoms with Crippen molar-refractivity contribution in [2.24, 2.45) is 0 Å². The second-order valence-electron chi connectivity index (χ2n) is 7.84. The third-order valence-electron chi connectivity index (χ3n) is 5.82. The number of hydrogen-bond acceptors (Lipinski definition) is 2. The van der Waals surface area contributed by atoms with Gasteiger partial charge in [-0.3, -0.25) is 0 Å². The Morgan fingerprint density at radius 3 is 1.53 bits per heavy atom. The molecule has 4 aromatic carbocycles. The fraction of sp³-hybridized carbons (Fsp3) is 0.0690. The molecule has 0 bridgehead atoms. The SMILES string of the molecule is C=C(C)C(=O)O.O.Oc1ccc(C2(c3ccccc3)c3ccccc3-c3ccccc32)cc1.[Y]. The zero-order chi connectivity index (χ0) is 22.7. The van der Waals surface area contributed by atoms with E-state index in [0.717, 1.165) is 0 Å². The van der Waals surface area contributed by atoms with Crippen LogP contribution in [-0.2, 0) is 42.9 Å². The average Bonchev–Trinajstić information content (AvgIpc) is 3.12. The summed E-state index contributed by atoms with van der Waals surface area (Å²) in [4.78, 5) is 9.60. The Morgan fingerprint density at radius 1 is 0.706 bits per heavy atom. The third kappa shape index (κ3) is 4.76. The van der Waals surface area contributed by atoms with Crippen molar-refractivity contribution in [2.45, 2.75) is 12.3 Å². The van der Waals surface area contributed by atoms with Gasteiger partial charge in [-0.05, 0) is 52.4 Å². The van der Waals surface area contributed by atoms with Gasteiger partial charge in [-0.15, -0.1) is 0 Å². The Labute approximate surface area is 224 Å². The van der Waals surface area contributed by atoms with Gasteiger partial charge in [0.25, 0.3) is 0 Å². The van der Waals surface area contributed by atoms with E-state index in [9.17, 15) is 9.90 Å². The Balaban J connectivity index is 0.000000458. The molecule has 169 valence electrons. The normalized spacial score (nSPS) is 11.9. The number of carboxylic acid groups (broad SMARTS) is 1. The predicted octanol–water partition coefficient (Wildman–Crippen LogP) is 5.58. The molecule has 0 saturated carbocycles. The van der Waals surface area contributed by atoms with E-state index < -0.39 is 5.97 Å². The molecule has 0 heterocycles. The van der Waals surface area contributed by atoms with E-state index in [0.29, 0.717) is 0 Å². The maximum absolute atomic E-state index is 9.84. The maximum atomic E-state index is 9.84. The summed E-state index contributed by atoms with van der Waals surface area (Å²) in [6.45, 7) is 4.60. The van der Waals surface area contributed by atoms with Gasteiger partial charge < -0.3 is 15.7 Å². The van der Waals surface area contributed by atoms with Crippen LogP contribution >= 0.6 is 0 Å². The molecule has 1 aliphatic carbocycles. The number of benzene rings is 4. The molecule has 1 radical (unpaired) electrons. The van der Waals surface area contributed by atoms with Crippen molar-refractivity contribution in [3.8, 4) is 16.9 Å². The van der Waals surface area contributed by atoms with Crippen molar-refractivity contribution in [3.05, 3.63) is 138 Å².